The topological polar surface area (TPSA) is 60.9 Å². The molecule has 4 rings (SSSR count). The Morgan fingerprint density at radius 2 is 1.96 bits per heavy atom. The van der Waals surface area contributed by atoms with Crippen molar-refractivity contribution in [2.45, 2.75) is 32.2 Å². The maximum atomic E-state index is 12.7. The third-order valence-electron chi connectivity index (χ3n) is 6.15. The molecule has 3 amide bonds. The first kappa shape index (κ1) is 17.1. The summed E-state index contributed by atoms with van der Waals surface area (Å²) in [6.07, 6.45) is 2.96. The van der Waals surface area contributed by atoms with E-state index < -0.39 is 0 Å². The Morgan fingerprint density at radius 1 is 1.15 bits per heavy atom. The molecule has 2 fully saturated rings. The van der Waals surface area contributed by atoms with Crippen molar-refractivity contribution in [1.29, 1.82) is 0 Å². The first-order valence-corrected chi connectivity index (χ1v) is 9.41. The highest BCUT2D eigenvalue weighted by Crippen LogP contribution is 2.39. The first-order valence-electron chi connectivity index (χ1n) is 9.41. The van der Waals surface area contributed by atoms with E-state index in [2.05, 4.69) is 0 Å². The summed E-state index contributed by atoms with van der Waals surface area (Å²) in [5, 5.41) is 0. The van der Waals surface area contributed by atoms with Crippen LogP contribution in [0.25, 0.3) is 0 Å². The maximum absolute atomic E-state index is 12.7. The van der Waals surface area contributed by atoms with Crippen LogP contribution in [0, 0.1) is 5.41 Å². The van der Waals surface area contributed by atoms with Gasteiger partial charge in [-0.2, -0.15) is 0 Å². The number of hydrogen-bond donors (Lipinski definition) is 0. The molecular formula is C20H25N3O3. The molecule has 0 saturated carbocycles. The van der Waals surface area contributed by atoms with E-state index in [1.165, 1.54) is 0 Å². The number of piperidine rings is 1. The number of carbonyl (C=O) groups excluding carboxylic acids is 3. The molecule has 0 N–H and O–H groups in total. The van der Waals surface area contributed by atoms with E-state index in [1.54, 1.807) is 9.80 Å². The molecule has 0 bridgehead atoms. The minimum absolute atomic E-state index is 0.00961. The largest absolute Gasteiger partial charge is 0.345 e. The standard InChI is InChI=1S/C20H25N3O3/c1-21-10-4-8-20(19(21)26)9-12-23(14-20)17(24)7-11-22-13-15-5-2-3-6-16(15)18(22)25/h2-3,5-6H,4,7-14H2,1H3/t20-/m1/s1. The summed E-state index contributed by atoms with van der Waals surface area (Å²) in [5.74, 6) is 0.242. The highest BCUT2D eigenvalue weighted by molar-refractivity contribution is 5.98. The Hall–Kier alpha value is -2.37. The molecular weight excluding hydrogens is 330 g/mol. The van der Waals surface area contributed by atoms with Crippen molar-refractivity contribution in [2.75, 3.05) is 33.2 Å². The average molecular weight is 355 g/mol. The Bertz CT molecular complexity index is 762. The summed E-state index contributed by atoms with van der Waals surface area (Å²) in [4.78, 5) is 43.0. The fourth-order valence-electron chi connectivity index (χ4n) is 4.62. The zero-order valence-corrected chi connectivity index (χ0v) is 15.2. The van der Waals surface area contributed by atoms with Gasteiger partial charge in [0.15, 0.2) is 0 Å². The second-order valence-corrected chi connectivity index (χ2v) is 7.81. The third kappa shape index (κ3) is 2.77. The van der Waals surface area contributed by atoms with Crippen LogP contribution in [0.3, 0.4) is 0 Å². The number of carbonyl (C=O) groups is 3. The van der Waals surface area contributed by atoms with Gasteiger partial charge in [-0.1, -0.05) is 18.2 Å². The Labute approximate surface area is 153 Å². The average Bonchev–Trinajstić information content (AvgIpc) is 3.21. The fourth-order valence-corrected chi connectivity index (χ4v) is 4.62. The summed E-state index contributed by atoms with van der Waals surface area (Å²) in [6, 6.07) is 7.61. The smallest absolute Gasteiger partial charge is 0.254 e. The number of benzene rings is 1. The van der Waals surface area contributed by atoms with Crippen LogP contribution >= 0.6 is 0 Å². The monoisotopic (exact) mass is 355 g/mol. The minimum atomic E-state index is -0.373. The van der Waals surface area contributed by atoms with Crippen molar-refractivity contribution in [3.05, 3.63) is 35.4 Å². The number of rotatable bonds is 3. The number of nitrogens with zero attached hydrogens (tertiary/aromatic N) is 3. The zero-order valence-electron chi connectivity index (χ0n) is 15.2. The molecule has 1 aromatic rings. The lowest BCUT2D eigenvalue weighted by atomic mass is 9.78. The molecule has 0 aromatic heterocycles. The Morgan fingerprint density at radius 3 is 2.77 bits per heavy atom. The van der Waals surface area contributed by atoms with Crippen molar-refractivity contribution in [2.24, 2.45) is 5.41 Å². The van der Waals surface area contributed by atoms with Crippen molar-refractivity contribution in [3.8, 4) is 0 Å². The van der Waals surface area contributed by atoms with Gasteiger partial charge >= 0.3 is 0 Å². The van der Waals surface area contributed by atoms with Crippen LogP contribution in [-0.2, 0) is 16.1 Å². The summed E-state index contributed by atoms with van der Waals surface area (Å²) >= 11 is 0. The molecule has 3 heterocycles. The zero-order chi connectivity index (χ0) is 18.3. The summed E-state index contributed by atoms with van der Waals surface area (Å²) in [7, 11) is 1.85. The molecule has 0 radical (unpaired) electrons. The van der Waals surface area contributed by atoms with Crippen molar-refractivity contribution < 1.29 is 14.4 Å². The van der Waals surface area contributed by atoms with Gasteiger partial charge in [0.05, 0.1) is 5.41 Å². The predicted molar refractivity (Wildman–Crippen MR) is 96.3 cm³/mol. The van der Waals surface area contributed by atoms with E-state index in [0.717, 1.165) is 36.9 Å². The van der Waals surface area contributed by atoms with E-state index in [-0.39, 0.29) is 23.1 Å². The van der Waals surface area contributed by atoms with Crippen LogP contribution in [-0.4, -0.2) is 65.6 Å². The molecule has 3 aliphatic rings. The Balaban J connectivity index is 1.34. The van der Waals surface area contributed by atoms with E-state index in [0.29, 0.717) is 32.6 Å². The van der Waals surface area contributed by atoms with Crippen LogP contribution in [0.1, 0.15) is 41.6 Å². The second kappa shape index (κ2) is 6.41. The Kier molecular flexibility index (Phi) is 4.21. The quantitative estimate of drug-likeness (QED) is 0.826. The first-order chi connectivity index (χ1) is 12.5. The van der Waals surface area contributed by atoms with E-state index in [1.807, 2.05) is 36.2 Å². The van der Waals surface area contributed by atoms with Crippen LogP contribution in [0.2, 0.25) is 0 Å². The van der Waals surface area contributed by atoms with Crippen molar-refractivity contribution in [3.63, 3.8) is 0 Å². The molecule has 6 nitrogen and oxygen atoms in total. The van der Waals surface area contributed by atoms with Gasteiger partial charge in [0.2, 0.25) is 11.8 Å². The summed E-state index contributed by atoms with van der Waals surface area (Å²) in [6.45, 7) is 3.00. The number of fused-ring (bicyclic) bond motifs is 1. The second-order valence-electron chi connectivity index (χ2n) is 7.81. The van der Waals surface area contributed by atoms with E-state index in [9.17, 15) is 14.4 Å². The van der Waals surface area contributed by atoms with Crippen molar-refractivity contribution in [1.82, 2.24) is 14.7 Å². The summed E-state index contributed by atoms with van der Waals surface area (Å²) in [5.41, 5.74) is 1.40. The van der Waals surface area contributed by atoms with E-state index >= 15 is 0 Å². The third-order valence-corrected chi connectivity index (χ3v) is 6.15. The van der Waals surface area contributed by atoms with Gasteiger partial charge in [-0.15, -0.1) is 0 Å². The SMILES string of the molecule is CN1CCC[C@]2(CCN(C(=O)CCN3Cc4ccccc4C3=O)C2)C1=O. The van der Waals surface area contributed by atoms with Gasteiger partial charge in [-0.25, -0.2) is 0 Å². The molecule has 26 heavy (non-hydrogen) atoms. The van der Waals surface area contributed by atoms with Gasteiger partial charge in [0, 0.05) is 51.8 Å². The molecule has 1 atom stereocenters. The molecule has 2 saturated heterocycles. The lowest BCUT2D eigenvalue weighted by molar-refractivity contribution is -0.144. The fraction of sp³-hybridized carbons (Fsp3) is 0.550. The molecule has 0 unspecified atom stereocenters. The van der Waals surface area contributed by atoms with Crippen molar-refractivity contribution >= 4 is 17.7 Å². The van der Waals surface area contributed by atoms with Crippen LogP contribution in [0.4, 0.5) is 0 Å². The molecule has 138 valence electrons. The number of hydrogen-bond acceptors (Lipinski definition) is 3. The van der Waals surface area contributed by atoms with Gasteiger partial charge in [-0.3, -0.25) is 14.4 Å². The number of amides is 3. The lowest BCUT2D eigenvalue weighted by Crippen LogP contribution is -2.48. The van der Waals surface area contributed by atoms with Crippen LogP contribution in [0.5, 0.6) is 0 Å². The number of likely N-dealkylation sites (tertiary alicyclic amines) is 2. The molecule has 1 aromatic carbocycles. The highest BCUT2D eigenvalue weighted by Gasteiger charge is 2.48. The maximum Gasteiger partial charge on any atom is 0.254 e. The molecule has 0 aliphatic carbocycles. The molecule has 1 spiro atoms. The molecule has 6 heteroatoms. The van der Waals surface area contributed by atoms with Gasteiger partial charge in [-0.05, 0) is 30.9 Å². The summed E-state index contributed by atoms with van der Waals surface area (Å²) < 4.78 is 0. The van der Waals surface area contributed by atoms with Gasteiger partial charge in [0.25, 0.3) is 5.91 Å². The molecule has 3 aliphatic heterocycles. The normalized spacial score (nSPS) is 25.3. The van der Waals surface area contributed by atoms with Gasteiger partial charge in [0.1, 0.15) is 0 Å². The lowest BCUT2D eigenvalue weighted by Gasteiger charge is -2.37. The van der Waals surface area contributed by atoms with Crippen LogP contribution in [0.15, 0.2) is 24.3 Å². The van der Waals surface area contributed by atoms with Gasteiger partial charge < -0.3 is 14.7 Å². The van der Waals surface area contributed by atoms with Crippen LogP contribution < -0.4 is 0 Å². The highest BCUT2D eigenvalue weighted by atomic mass is 16.2. The van der Waals surface area contributed by atoms with E-state index in [4.69, 9.17) is 0 Å². The minimum Gasteiger partial charge on any atom is -0.345 e. The predicted octanol–water partition coefficient (Wildman–Crippen LogP) is 1.50.